The fraction of sp³-hybridized carbons (Fsp3) is 0.375. The van der Waals surface area contributed by atoms with Crippen molar-refractivity contribution in [2.45, 2.75) is 38.6 Å². The first-order chi connectivity index (χ1) is 8.31. The molecule has 1 nitrogen and oxygen atoms in total. The predicted octanol–water partition coefficient (Wildman–Crippen LogP) is 3.90. The van der Waals surface area contributed by atoms with E-state index in [0.29, 0.717) is 6.04 Å². The summed E-state index contributed by atoms with van der Waals surface area (Å²) in [6, 6.07) is 15.5. The topological polar surface area (TPSA) is 26.0 Å². The van der Waals surface area contributed by atoms with Gasteiger partial charge in [0.25, 0.3) is 0 Å². The van der Waals surface area contributed by atoms with E-state index in [-0.39, 0.29) is 0 Å². The molecule has 0 bridgehead atoms. The normalized spacial score (nSPS) is 12.8. The molecule has 2 aromatic rings. The van der Waals surface area contributed by atoms with Crippen molar-refractivity contribution in [1.29, 1.82) is 0 Å². The Labute approximate surface area is 104 Å². The largest absolute Gasteiger partial charge is 0.328 e. The van der Waals surface area contributed by atoms with Crippen LogP contribution < -0.4 is 5.73 Å². The van der Waals surface area contributed by atoms with E-state index in [1.54, 1.807) is 0 Å². The Morgan fingerprint density at radius 1 is 1.00 bits per heavy atom. The molecule has 0 aromatic heterocycles. The van der Waals surface area contributed by atoms with Crippen LogP contribution in [0.4, 0.5) is 0 Å². The number of fused-ring (bicyclic) bond motifs is 1. The fourth-order valence-electron chi connectivity index (χ4n) is 2.37. The Bertz CT molecular complexity index is 470. The van der Waals surface area contributed by atoms with Gasteiger partial charge in [0.1, 0.15) is 0 Å². The Morgan fingerprint density at radius 3 is 2.59 bits per heavy atom. The Hall–Kier alpha value is -1.34. The van der Waals surface area contributed by atoms with Gasteiger partial charge in [-0.15, -0.1) is 0 Å². The first-order valence-corrected chi connectivity index (χ1v) is 6.53. The molecule has 0 heterocycles. The van der Waals surface area contributed by atoms with E-state index >= 15 is 0 Å². The molecule has 0 saturated heterocycles. The molecule has 2 aromatic carbocycles. The van der Waals surface area contributed by atoms with Crippen molar-refractivity contribution in [1.82, 2.24) is 0 Å². The maximum Gasteiger partial charge on any atom is 0.00418 e. The van der Waals surface area contributed by atoms with Crippen molar-refractivity contribution in [3.8, 4) is 0 Å². The lowest BCUT2D eigenvalue weighted by atomic mass is 9.98. The van der Waals surface area contributed by atoms with Crippen molar-refractivity contribution in [3.63, 3.8) is 0 Å². The van der Waals surface area contributed by atoms with Crippen LogP contribution in [-0.2, 0) is 6.42 Å². The maximum atomic E-state index is 6.08. The molecule has 0 radical (unpaired) electrons. The van der Waals surface area contributed by atoms with Crippen LogP contribution in [0.2, 0.25) is 0 Å². The number of nitrogens with two attached hydrogens (primary N) is 1. The van der Waals surface area contributed by atoms with Gasteiger partial charge in [0.15, 0.2) is 0 Å². The Morgan fingerprint density at radius 2 is 1.76 bits per heavy atom. The first-order valence-electron chi connectivity index (χ1n) is 6.53. The molecular formula is C16H21N. The van der Waals surface area contributed by atoms with E-state index in [2.05, 4.69) is 49.4 Å². The zero-order chi connectivity index (χ0) is 12.1. The lowest BCUT2D eigenvalue weighted by Gasteiger charge is -2.11. The predicted molar refractivity (Wildman–Crippen MR) is 75.2 cm³/mol. The second-order valence-electron chi connectivity index (χ2n) is 4.73. The summed E-state index contributed by atoms with van der Waals surface area (Å²) >= 11 is 0. The number of hydrogen-bond donors (Lipinski definition) is 1. The van der Waals surface area contributed by atoms with Gasteiger partial charge in [0.2, 0.25) is 0 Å². The lowest BCUT2D eigenvalue weighted by molar-refractivity contribution is 0.562. The fourth-order valence-corrected chi connectivity index (χ4v) is 2.37. The summed E-state index contributed by atoms with van der Waals surface area (Å²) in [6.07, 6.45) is 4.48. The summed E-state index contributed by atoms with van der Waals surface area (Å²) in [6.45, 7) is 2.19. The quantitative estimate of drug-likeness (QED) is 0.823. The van der Waals surface area contributed by atoms with Crippen LogP contribution >= 0.6 is 0 Å². The second kappa shape index (κ2) is 5.83. The maximum absolute atomic E-state index is 6.08. The van der Waals surface area contributed by atoms with Gasteiger partial charge in [-0.25, -0.2) is 0 Å². The second-order valence-corrected chi connectivity index (χ2v) is 4.73. The van der Waals surface area contributed by atoms with Crippen LogP contribution in [0.3, 0.4) is 0 Å². The molecule has 0 aliphatic rings. The van der Waals surface area contributed by atoms with Gasteiger partial charge in [-0.05, 0) is 35.6 Å². The molecule has 0 saturated carbocycles. The minimum atomic E-state index is 0.346. The van der Waals surface area contributed by atoms with Gasteiger partial charge >= 0.3 is 0 Å². The third-order valence-electron chi connectivity index (χ3n) is 3.32. The number of hydrogen-bond acceptors (Lipinski definition) is 1. The van der Waals surface area contributed by atoms with Crippen LogP contribution in [0.15, 0.2) is 42.5 Å². The Kier molecular flexibility index (Phi) is 4.16. The summed E-state index contributed by atoms with van der Waals surface area (Å²) in [4.78, 5) is 0. The summed E-state index contributed by atoms with van der Waals surface area (Å²) in [5.74, 6) is 0. The van der Waals surface area contributed by atoms with E-state index < -0.39 is 0 Å². The molecule has 2 rings (SSSR count). The third-order valence-corrected chi connectivity index (χ3v) is 3.32. The average Bonchev–Trinajstić information content (AvgIpc) is 2.36. The molecule has 1 heteroatoms. The molecule has 1 unspecified atom stereocenters. The smallest absolute Gasteiger partial charge is 0.00418 e. The van der Waals surface area contributed by atoms with Crippen molar-refractivity contribution in [2.75, 3.05) is 0 Å². The minimum absolute atomic E-state index is 0.346. The summed E-state index contributed by atoms with van der Waals surface area (Å²) in [5, 5.41) is 2.70. The van der Waals surface area contributed by atoms with Gasteiger partial charge < -0.3 is 5.73 Å². The molecular weight excluding hydrogens is 206 g/mol. The van der Waals surface area contributed by atoms with Gasteiger partial charge in [0.05, 0.1) is 0 Å². The highest BCUT2D eigenvalue weighted by Crippen LogP contribution is 2.20. The van der Waals surface area contributed by atoms with Crippen LogP contribution in [-0.4, -0.2) is 6.04 Å². The number of rotatable bonds is 5. The highest BCUT2D eigenvalue weighted by molar-refractivity contribution is 5.85. The van der Waals surface area contributed by atoms with E-state index in [4.69, 9.17) is 5.73 Å². The van der Waals surface area contributed by atoms with Crippen molar-refractivity contribution < 1.29 is 0 Å². The van der Waals surface area contributed by atoms with Crippen LogP contribution in [0.5, 0.6) is 0 Å². The van der Waals surface area contributed by atoms with Gasteiger partial charge in [0, 0.05) is 6.04 Å². The number of benzene rings is 2. The summed E-state index contributed by atoms with van der Waals surface area (Å²) < 4.78 is 0. The average molecular weight is 227 g/mol. The van der Waals surface area contributed by atoms with Crippen molar-refractivity contribution >= 4 is 10.8 Å². The first kappa shape index (κ1) is 12.1. The standard InChI is InChI=1S/C16H21N/c1-2-6-15(17)12-11-14-9-5-8-13-7-3-4-10-16(13)14/h3-5,7-10,15H,2,6,11-12,17H2,1H3. The minimum Gasteiger partial charge on any atom is -0.328 e. The van der Waals surface area contributed by atoms with E-state index in [1.807, 2.05) is 0 Å². The highest BCUT2D eigenvalue weighted by atomic mass is 14.6. The van der Waals surface area contributed by atoms with E-state index in [1.165, 1.54) is 22.8 Å². The van der Waals surface area contributed by atoms with Crippen LogP contribution in [0, 0.1) is 0 Å². The lowest BCUT2D eigenvalue weighted by Crippen LogP contribution is -2.20. The van der Waals surface area contributed by atoms with Gasteiger partial charge in [-0.1, -0.05) is 55.8 Å². The molecule has 2 N–H and O–H groups in total. The van der Waals surface area contributed by atoms with Crippen molar-refractivity contribution in [2.24, 2.45) is 5.73 Å². The van der Waals surface area contributed by atoms with Crippen LogP contribution in [0.25, 0.3) is 10.8 Å². The molecule has 0 spiro atoms. The van der Waals surface area contributed by atoms with E-state index in [0.717, 1.165) is 19.3 Å². The molecule has 17 heavy (non-hydrogen) atoms. The number of aryl methyl sites for hydroxylation is 1. The monoisotopic (exact) mass is 227 g/mol. The molecule has 0 aliphatic carbocycles. The molecule has 1 atom stereocenters. The van der Waals surface area contributed by atoms with Gasteiger partial charge in [-0.3, -0.25) is 0 Å². The zero-order valence-electron chi connectivity index (χ0n) is 10.5. The van der Waals surface area contributed by atoms with Gasteiger partial charge in [-0.2, -0.15) is 0 Å². The molecule has 0 aliphatic heterocycles. The Balaban J connectivity index is 2.13. The SMILES string of the molecule is CCCC(N)CCc1cccc2ccccc12. The van der Waals surface area contributed by atoms with Crippen molar-refractivity contribution in [3.05, 3.63) is 48.0 Å². The molecule has 90 valence electrons. The zero-order valence-corrected chi connectivity index (χ0v) is 10.5. The summed E-state index contributed by atoms with van der Waals surface area (Å²) in [5.41, 5.74) is 7.50. The highest BCUT2D eigenvalue weighted by Gasteiger charge is 2.04. The molecule has 0 amide bonds. The van der Waals surface area contributed by atoms with E-state index in [9.17, 15) is 0 Å². The molecule has 0 fully saturated rings. The third kappa shape index (κ3) is 3.07. The summed E-state index contributed by atoms with van der Waals surface area (Å²) in [7, 11) is 0. The van der Waals surface area contributed by atoms with Crippen LogP contribution in [0.1, 0.15) is 31.7 Å².